The Morgan fingerprint density at radius 1 is 0.875 bits per heavy atom. The lowest BCUT2D eigenvalue weighted by molar-refractivity contribution is -0.115. The van der Waals surface area contributed by atoms with Crippen molar-refractivity contribution in [3.63, 3.8) is 0 Å². The molecule has 1 aromatic heterocycles. The average molecular weight is 571 g/mol. The first-order chi connectivity index (χ1) is 19.5. The molecule has 7 nitrogen and oxygen atoms in total. The predicted molar refractivity (Wildman–Crippen MR) is 164 cm³/mol. The number of carbonyl (C=O) groups excluding carboxylic acids is 2. The highest BCUT2D eigenvalue weighted by atomic mass is 35.5. The zero-order valence-electron chi connectivity index (χ0n) is 21.5. The summed E-state index contributed by atoms with van der Waals surface area (Å²) >= 11 is 11.7. The molecule has 2 heterocycles. The Bertz CT molecular complexity index is 1530. The van der Waals surface area contributed by atoms with Gasteiger partial charge in [-0.25, -0.2) is 0 Å². The zero-order valence-corrected chi connectivity index (χ0v) is 23.1. The van der Waals surface area contributed by atoms with Crippen LogP contribution in [0.15, 0.2) is 101 Å². The molecule has 0 spiro atoms. The number of rotatable bonds is 6. The number of hydrogen-bond donors (Lipinski definition) is 2. The van der Waals surface area contributed by atoms with Crippen LogP contribution in [-0.4, -0.2) is 48.0 Å². The molecule has 5 rings (SSSR count). The molecule has 1 saturated heterocycles. The standard InChI is InChI=1S/C31H27ClN4O3S/c32-24-11-14-27(35-17-19-36(20-18-35)30(38)23-9-5-2-6-10-23)26(21-24)33-31(40)34-29(37)16-13-25-12-15-28(39-25)22-7-3-1-4-8-22/h1-16,21H,17-20H2,(H2,33,34,37,40)/b16-13+. The Morgan fingerprint density at radius 2 is 1.57 bits per heavy atom. The molecule has 3 aromatic carbocycles. The summed E-state index contributed by atoms with van der Waals surface area (Å²) in [5.41, 5.74) is 3.19. The molecule has 0 bridgehead atoms. The van der Waals surface area contributed by atoms with Crippen molar-refractivity contribution >= 4 is 58.2 Å². The summed E-state index contributed by atoms with van der Waals surface area (Å²) < 4.78 is 5.80. The molecule has 202 valence electrons. The van der Waals surface area contributed by atoms with Crippen LogP contribution >= 0.6 is 23.8 Å². The van der Waals surface area contributed by atoms with Crippen molar-refractivity contribution < 1.29 is 14.0 Å². The molecule has 1 aliphatic rings. The Kier molecular flexibility index (Phi) is 8.59. The number of nitrogens with zero attached hydrogens (tertiary/aromatic N) is 2. The largest absolute Gasteiger partial charge is 0.457 e. The molecule has 0 aliphatic carbocycles. The van der Waals surface area contributed by atoms with Gasteiger partial charge in [0.2, 0.25) is 5.91 Å². The smallest absolute Gasteiger partial charge is 0.253 e. The minimum Gasteiger partial charge on any atom is -0.457 e. The highest BCUT2D eigenvalue weighted by Gasteiger charge is 2.24. The van der Waals surface area contributed by atoms with Crippen LogP contribution in [0.3, 0.4) is 0 Å². The van der Waals surface area contributed by atoms with Gasteiger partial charge in [0.25, 0.3) is 5.91 Å². The van der Waals surface area contributed by atoms with E-state index >= 15 is 0 Å². The minimum atomic E-state index is -0.397. The van der Waals surface area contributed by atoms with E-state index in [0.29, 0.717) is 48.2 Å². The second-order valence-electron chi connectivity index (χ2n) is 9.15. The summed E-state index contributed by atoms with van der Waals surface area (Å²) in [6, 6.07) is 28.2. The molecule has 0 saturated carbocycles. The number of nitrogens with one attached hydrogen (secondary N) is 2. The molecule has 1 fully saturated rings. The van der Waals surface area contributed by atoms with Crippen molar-refractivity contribution in [1.29, 1.82) is 0 Å². The van der Waals surface area contributed by atoms with Gasteiger partial charge in [0, 0.05) is 48.4 Å². The second kappa shape index (κ2) is 12.6. The third-order valence-electron chi connectivity index (χ3n) is 6.46. The van der Waals surface area contributed by atoms with E-state index in [0.717, 1.165) is 17.0 Å². The third-order valence-corrected chi connectivity index (χ3v) is 6.90. The second-order valence-corrected chi connectivity index (χ2v) is 10.00. The maximum absolute atomic E-state index is 12.8. The Hall–Kier alpha value is -4.40. The van der Waals surface area contributed by atoms with Crippen LogP contribution in [-0.2, 0) is 4.79 Å². The SMILES string of the molecule is O=C(/C=C/c1ccc(-c2ccccc2)o1)NC(=S)Nc1cc(Cl)ccc1N1CCN(C(=O)c2ccccc2)CC1. The van der Waals surface area contributed by atoms with Crippen LogP contribution in [0.25, 0.3) is 17.4 Å². The van der Waals surface area contributed by atoms with Crippen LogP contribution in [0.4, 0.5) is 11.4 Å². The lowest BCUT2D eigenvalue weighted by Crippen LogP contribution is -2.49. The van der Waals surface area contributed by atoms with Crippen LogP contribution in [0.5, 0.6) is 0 Å². The summed E-state index contributed by atoms with van der Waals surface area (Å²) in [4.78, 5) is 29.4. The van der Waals surface area contributed by atoms with Gasteiger partial charge in [0.1, 0.15) is 11.5 Å². The van der Waals surface area contributed by atoms with Crippen molar-refractivity contribution in [1.82, 2.24) is 10.2 Å². The molecule has 2 amide bonds. The highest BCUT2D eigenvalue weighted by molar-refractivity contribution is 7.80. The van der Waals surface area contributed by atoms with Crippen LogP contribution < -0.4 is 15.5 Å². The highest BCUT2D eigenvalue weighted by Crippen LogP contribution is 2.30. The van der Waals surface area contributed by atoms with Crippen molar-refractivity contribution in [3.05, 3.63) is 113 Å². The normalized spacial score (nSPS) is 13.3. The van der Waals surface area contributed by atoms with Crippen molar-refractivity contribution in [3.8, 4) is 11.3 Å². The number of hydrogen-bond acceptors (Lipinski definition) is 5. The van der Waals surface area contributed by atoms with Gasteiger partial charge in [-0.2, -0.15) is 0 Å². The Morgan fingerprint density at radius 3 is 2.30 bits per heavy atom. The molecule has 4 aromatic rings. The first-order valence-electron chi connectivity index (χ1n) is 12.8. The number of halogens is 1. The molecule has 1 aliphatic heterocycles. The van der Waals surface area contributed by atoms with E-state index in [4.69, 9.17) is 28.2 Å². The number of furan rings is 1. The van der Waals surface area contributed by atoms with Gasteiger partial charge in [-0.1, -0.05) is 60.1 Å². The van der Waals surface area contributed by atoms with Crippen LogP contribution in [0, 0.1) is 0 Å². The number of amides is 2. The number of anilines is 2. The summed E-state index contributed by atoms with van der Waals surface area (Å²) in [5, 5.41) is 6.44. The molecule has 9 heteroatoms. The number of benzene rings is 3. The Balaban J connectivity index is 1.18. The van der Waals surface area contributed by atoms with E-state index in [1.165, 1.54) is 6.08 Å². The molecule has 0 atom stereocenters. The maximum Gasteiger partial charge on any atom is 0.253 e. The molecular formula is C31H27ClN4O3S. The van der Waals surface area contributed by atoms with Gasteiger partial charge in [-0.3, -0.25) is 14.9 Å². The van der Waals surface area contributed by atoms with Crippen molar-refractivity contribution in [2.45, 2.75) is 0 Å². The lowest BCUT2D eigenvalue weighted by atomic mass is 10.1. The van der Waals surface area contributed by atoms with E-state index in [-0.39, 0.29) is 11.0 Å². The summed E-state index contributed by atoms with van der Waals surface area (Å²) in [6.07, 6.45) is 2.95. The molecule has 0 unspecified atom stereocenters. The van der Waals surface area contributed by atoms with Gasteiger partial charge in [0.15, 0.2) is 5.11 Å². The van der Waals surface area contributed by atoms with Crippen molar-refractivity contribution in [2.75, 3.05) is 36.4 Å². The van der Waals surface area contributed by atoms with Crippen molar-refractivity contribution in [2.24, 2.45) is 0 Å². The lowest BCUT2D eigenvalue weighted by Gasteiger charge is -2.37. The zero-order chi connectivity index (χ0) is 27.9. The molecule has 0 radical (unpaired) electrons. The van der Waals surface area contributed by atoms with Gasteiger partial charge < -0.3 is 19.5 Å². The molecular weight excluding hydrogens is 544 g/mol. The first-order valence-corrected chi connectivity index (χ1v) is 13.6. The first kappa shape index (κ1) is 27.2. The molecule has 2 N–H and O–H groups in total. The van der Waals surface area contributed by atoms with Crippen LogP contribution in [0.2, 0.25) is 5.02 Å². The number of carbonyl (C=O) groups is 2. The molecule has 40 heavy (non-hydrogen) atoms. The quantitative estimate of drug-likeness (QED) is 0.216. The minimum absolute atomic E-state index is 0.0255. The van der Waals surface area contributed by atoms with Gasteiger partial charge in [0.05, 0.1) is 11.4 Å². The monoisotopic (exact) mass is 570 g/mol. The van der Waals surface area contributed by atoms with Gasteiger partial charge in [-0.05, 0) is 60.8 Å². The maximum atomic E-state index is 12.8. The topological polar surface area (TPSA) is 77.8 Å². The fraction of sp³-hybridized carbons (Fsp3) is 0.129. The van der Waals surface area contributed by atoms with E-state index in [1.807, 2.05) is 77.7 Å². The summed E-state index contributed by atoms with van der Waals surface area (Å²) in [7, 11) is 0. The summed E-state index contributed by atoms with van der Waals surface area (Å²) in [6.45, 7) is 2.46. The van der Waals surface area contributed by atoms with E-state index in [9.17, 15) is 9.59 Å². The van der Waals surface area contributed by atoms with E-state index < -0.39 is 5.91 Å². The number of piperazine rings is 1. The van der Waals surface area contributed by atoms with Crippen LogP contribution in [0.1, 0.15) is 16.1 Å². The number of thiocarbonyl (C=S) groups is 1. The fourth-order valence-electron chi connectivity index (χ4n) is 4.46. The third kappa shape index (κ3) is 6.77. The Labute approximate surface area is 243 Å². The van der Waals surface area contributed by atoms with E-state index in [2.05, 4.69) is 15.5 Å². The van der Waals surface area contributed by atoms with Gasteiger partial charge in [-0.15, -0.1) is 0 Å². The van der Waals surface area contributed by atoms with Gasteiger partial charge >= 0.3 is 0 Å². The summed E-state index contributed by atoms with van der Waals surface area (Å²) in [5.74, 6) is 0.899. The fourth-order valence-corrected chi connectivity index (χ4v) is 4.85. The predicted octanol–water partition coefficient (Wildman–Crippen LogP) is 6.09. The van der Waals surface area contributed by atoms with E-state index in [1.54, 1.807) is 24.3 Å². The average Bonchev–Trinajstić information content (AvgIpc) is 3.46.